The molecule has 118 valence electrons. The number of hydrogen-bond acceptors (Lipinski definition) is 6. The van der Waals surface area contributed by atoms with Crippen molar-refractivity contribution in [3.05, 3.63) is 29.1 Å². The molecule has 1 aliphatic carbocycles. The van der Waals surface area contributed by atoms with E-state index in [1.807, 2.05) is 0 Å². The first-order valence-corrected chi connectivity index (χ1v) is 7.60. The SMILES string of the molecule is COc1ncc(-c2cnc3[nH]c(=O)n(C4CCCC4)c3n2)cn1. The van der Waals surface area contributed by atoms with Crippen LogP contribution in [-0.2, 0) is 0 Å². The second-order valence-electron chi connectivity index (χ2n) is 5.62. The average Bonchev–Trinajstić information content (AvgIpc) is 3.20. The Balaban J connectivity index is 1.82. The van der Waals surface area contributed by atoms with Crippen molar-refractivity contribution in [2.45, 2.75) is 31.7 Å². The lowest BCUT2D eigenvalue weighted by molar-refractivity contribution is 0.380. The minimum atomic E-state index is -0.143. The van der Waals surface area contributed by atoms with Gasteiger partial charge in [-0.05, 0) is 12.8 Å². The Kier molecular flexibility index (Phi) is 3.29. The second kappa shape index (κ2) is 5.45. The summed E-state index contributed by atoms with van der Waals surface area (Å²) in [6.45, 7) is 0. The Hall–Kier alpha value is -2.77. The van der Waals surface area contributed by atoms with Crippen molar-refractivity contribution in [1.29, 1.82) is 0 Å². The highest BCUT2D eigenvalue weighted by Gasteiger charge is 2.22. The highest BCUT2D eigenvalue weighted by atomic mass is 16.5. The Labute approximate surface area is 131 Å². The predicted molar refractivity (Wildman–Crippen MR) is 83.2 cm³/mol. The summed E-state index contributed by atoms with van der Waals surface area (Å²) in [4.78, 5) is 32.1. The van der Waals surface area contributed by atoms with Crippen LogP contribution in [0.25, 0.3) is 22.6 Å². The van der Waals surface area contributed by atoms with Gasteiger partial charge in [0, 0.05) is 24.0 Å². The van der Waals surface area contributed by atoms with Crippen molar-refractivity contribution >= 4 is 11.3 Å². The van der Waals surface area contributed by atoms with E-state index >= 15 is 0 Å². The maximum atomic E-state index is 12.2. The Bertz CT molecular complexity index is 892. The van der Waals surface area contributed by atoms with Gasteiger partial charge in [0.25, 0.3) is 0 Å². The molecular weight excluding hydrogens is 296 g/mol. The van der Waals surface area contributed by atoms with Crippen LogP contribution in [-0.4, -0.2) is 36.6 Å². The van der Waals surface area contributed by atoms with Crippen molar-refractivity contribution in [2.75, 3.05) is 7.11 Å². The van der Waals surface area contributed by atoms with Crippen LogP contribution in [0.5, 0.6) is 6.01 Å². The van der Waals surface area contributed by atoms with Crippen LogP contribution in [0.4, 0.5) is 0 Å². The minimum Gasteiger partial charge on any atom is -0.467 e. The minimum absolute atomic E-state index is 0.143. The summed E-state index contributed by atoms with van der Waals surface area (Å²) >= 11 is 0. The summed E-state index contributed by atoms with van der Waals surface area (Å²) in [6, 6.07) is 0.500. The molecule has 0 radical (unpaired) electrons. The van der Waals surface area contributed by atoms with Gasteiger partial charge in [-0.15, -0.1) is 0 Å². The smallest absolute Gasteiger partial charge is 0.329 e. The first-order valence-electron chi connectivity index (χ1n) is 7.60. The first kappa shape index (κ1) is 13.9. The molecule has 0 aromatic carbocycles. The zero-order chi connectivity index (χ0) is 15.8. The Morgan fingerprint density at radius 1 is 1.17 bits per heavy atom. The van der Waals surface area contributed by atoms with Gasteiger partial charge in [0.2, 0.25) is 0 Å². The molecular formula is C15H16N6O2. The van der Waals surface area contributed by atoms with Gasteiger partial charge < -0.3 is 4.74 Å². The molecule has 23 heavy (non-hydrogen) atoms. The van der Waals surface area contributed by atoms with Crippen LogP contribution in [0.3, 0.4) is 0 Å². The molecule has 0 aliphatic heterocycles. The fourth-order valence-corrected chi connectivity index (χ4v) is 3.09. The standard InChI is InChI=1S/C15H16N6O2/c1-23-14-17-6-9(7-18-14)11-8-16-12-13(19-11)21(15(22)20-12)10-4-2-3-5-10/h6-8,10H,2-5H2,1H3,(H,16,20,22). The number of H-pyrrole nitrogens is 1. The van der Waals surface area contributed by atoms with E-state index in [-0.39, 0.29) is 11.7 Å². The van der Waals surface area contributed by atoms with E-state index in [0.717, 1.165) is 31.2 Å². The molecule has 0 spiro atoms. The quantitative estimate of drug-likeness (QED) is 0.790. The fraction of sp³-hybridized carbons (Fsp3) is 0.400. The Morgan fingerprint density at radius 3 is 2.61 bits per heavy atom. The lowest BCUT2D eigenvalue weighted by atomic mass is 10.2. The number of aromatic amines is 1. The van der Waals surface area contributed by atoms with E-state index in [4.69, 9.17) is 4.74 Å². The predicted octanol–water partition coefficient (Wildman–Crippen LogP) is 1.70. The normalized spacial score (nSPS) is 15.3. The molecule has 8 nitrogen and oxygen atoms in total. The number of aromatic nitrogens is 6. The molecule has 8 heteroatoms. The summed E-state index contributed by atoms with van der Waals surface area (Å²) in [7, 11) is 1.51. The van der Waals surface area contributed by atoms with Gasteiger partial charge in [-0.1, -0.05) is 12.8 Å². The number of methoxy groups -OCH3 is 1. The number of nitrogens with zero attached hydrogens (tertiary/aromatic N) is 5. The molecule has 1 N–H and O–H groups in total. The third-order valence-electron chi connectivity index (χ3n) is 4.22. The maximum absolute atomic E-state index is 12.2. The fourth-order valence-electron chi connectivity index (χ4n) is 3.09. The molecule has 0 unspecified atom stereocenters. The summed E-state index contributed by atoms with van der Waals surface area (Å²) < 4.78 is 6.70. The summed E-state index contributed by atoms with van der Waals surface area (Å²) in [5.41, 5.74) is 2.32. The average molecular weight is 312 g/mol. The van der Waals surface area contributed by atoms with Crippen LogP contribution >= 0.6 is 0 Å². The van der Waals surface area contributed by atoms with Gasteiger partial charge in [0.15, 0.2) is 11.3 Å². The van der Waals surface area contributed by atoms with Gasteiger partial charge in [-0.2, -0.15) is 0 Å². The summed E-state index contributed by atoms with van der Waals surface area (Å²) in [5.74, 6) is 0. The van der Waals surface area contributed by atoms with Gasteiger partial charge in [-0.3, -0.25) is 9.55 Å². The molecule has 1 saturated carbocycles. The molecule has 0 saturated heterocycles. The number of rotatable bonds is 3. The van der Waals surface area contributed by atoms with Crippen LogP contribution in [0.1, 0.15) is 31.7 Å². The zero-order valence-electron chi connectivity index (χ0n) is 12.7. The topological polar surface area (TPSA) is 98.6 Å². The molecule has 0 amide bonds. The zero-order valence-corrected chi connectivity index (χ0v) is 12.7. The number of nitrogens with one attached hydrogen (secondary N) is 1. The number of fused-ring (bicyclic) bond motifs is 1. The molecule has 3 heterocycles. The van der Waals surface area contributed by atoms with E-state index < -0.39 is 0 Å². The molecule has 4 rings (SSSR count). The van der Waals surface area contributed by atoms with Crippen LogP contribution in [0, 0.1) is 0 Å². The third-order valence-corrected chi connectivity index (χ3v) is 4.22. The van der Waals surface area contributed by atoms with Crippen LogP contribution in [0.15, 0.2) is 23.4 Å². The second-order valence-corrected chi connectivity index (χ2v) is 5.62. The largest absolute Gasteiger partial charge is 0.467 e. The number of hydrogen-bond donors (Lipinski definition) is 1. The van der Waals surface area contributed by atoms with Crippen molar-refractivity contribution in [3.8, 4) is 17.3 Å². The monoisotopic (exact) mass is 312 g/mol. The maximum Gasteiger partial charge on any atom is 0.329 e. The Morgan fingerprint density at radius 2 is 1.91 bits per heavy atom. The van der Waals surface area contributed by atoms with Crippen molar-refractivity contribution in [1.82, 2.24) is 29.5 Å². The number of imidazole rings is 1. The van der Waals surface area contributed by atoms with E-state index in [2.05, 4.69) is 24.9 Å². The summed E-state index contributed by atoms with van der Waals surface area (Å²) in [6.07, 6.45) is 9.17. The van der Waals surface area contributed by atoms with Crippen molar-refractivity contribution < 1.29 is 4.74 Å². The van der Waals surface area contributed by atoms with Gasteiger partial charge >= 0.3 is 11.7 Å². The van der Waals surface area contributed by atoms with E-state index in [9.17, 15) is 4.79 Å². The molecule has 3 aromatic heterocycles. The highest BCUT2D eigenvalue weighted by molar-refractivity contribution is 5.70. The lowest BCUT2D eigenvalue weighted by Crippen LogP contribution is -2.20. The molecule has 3 aromatic rings. The van der Waals surface area contributed by atoms with Crippen molar-refractivity contribution in [3.63, 3.8) is 0 Å². The molecule has 0 atom stereocenters. The molecule has 1 aliphatic rings. The highest BCUT2D eigenvalue weighted by Crippen LogP contribution is 2.30. The van der Waals surface area contributed by atoms with Gasteiger partial charge in [0.1, 0.15) is 0 Å². The molecule has 0 bridgehead atoms. The number of ether oxygens (including phenoxy) is 1. The van der Waals surface area contributed by atoms with Gasteiger partial charge in [0.05, 0.1) is 19.0 Å². The van der Waals surface area contributed by atoms with Crippen LogP contribution in [0.2, 0.25) is 0 Å². The van der Waals surface area contributed by atoms with Crippen LogP contribution < -0.4 is 10.4 Å². The van der Waals surface area contributed by atoms with E-state index in [1.165, 1.54) is 7.11 Å². The van der Waals surface area contributed by atoms with Gasteiger partial charge in [-0.25, -0.2) is 24.7 Å². The van der Waals surface area contributed by atoms with E-state index in [1.54, 1.807) is 23.2 Å². The van der Waals surface area contributed by atoms with Crippen molar-refractivity contribution in [2.24, 2.45) is 0 Å². The van der Waals surface area contributed by atoms with E-state index in [0.29, 0.717) is 23.0 Å². The molecule has 1 fully saturated rings. The summed E-state index contributed by atoms with van der Waals surface area (Å²) in [5, 5.41) is 0. The third kappa shape index (κ3) is 2.36. The lowest BCUT2D eigenvalue weighted by Gasteiger charge is -2.10. The first-order chi connectivity index (χ1) is 11.3.